The van der Waals surface area contributed by atoms with E-state index in [1.165, 1.54) is 13.2 Å². The van der Waals surface area contributed by atoms with Gasteiger partial charge in [0, 0.05) is 12.1 Å². The third-order valence-corrected chi connectivity index (χ3v) is 3.02. The molecule has 0 radical (unpaired) electrons. The molecule has 2 heterocycles. The molecule has 0 aliphatic carbocycles. The van der Waals surface area contributed by atoms with Crippen LogP contribution in [0, 0.1) is 10.1 Å². The maximum absolute atomic E-state index is 11.8. The van der Waals surface area contributed by atoms with Crippen molar-refractivity contribution in [3.8, 4) is 0 Å². The fraction of sp³-hybridized carbons (Fsp3) is 0.333. The van der Waals surface area contributed by atoms with Crippen LogP contribution in [-0.2, 0) is 16.0 Å². The van der Waals surface area contributed by atoms with Gasteiger partial charge in [0.15, 0.2) is 6.26 Å². The highest BCUT2D eigenvalue weighted by Gasteiger charge is 2.31. The number of rotatable bonds is 4. The largest absolute Gasteiger partial charge is 0.466 e. The van der Waals surface area contributed by atoms with Crippen molar-refractivity contribution in [1.29, 1.82) is 0 Å². The predicted molar refractivity (Wildman–Crippen MR) is 69.2 cm³/mol. The number of nitro groups is 1. The number of carbonyl (C=O) groups is 2. The van der Waals surface area contributed by atoms with E-state index in [0.717, 1.165) is 6.26 Å². The summed E-state index contributed by atoms with van der Waals surface area (Å²) in [7, 11) is 1.23. The first kappa shape index (κ1) is 14.6. The summed E-state index contributed by atoms with van der Waals surface area (Å²) in [5, 5.41) is 15.6. The molecule has 0 spiro atoms. The minimum absolute atomic E-state index is 0.100. The number of urea groups is 1. The maximum Gasteiger partial charge on any atom is 0.337 e. The molecule has 1 aliphatic heterocycles. The van der Waals surface area contributed by atoms with Gasteiger partial charge < -0.3 is 19.8 Å². The van der Waals surface area contributed by atoms with Gasteiger partial charge in [0.1, 0.15) is 5.76 Å². The Hall–Kier alpha value is -2.84. The molecule has 1 aromatic heterocycles. The molecule has 112 valence electrons. The molecule has 9 nitrogen and oxygen atoms in total. The summed E-state index contributed by atoms with van der Waals surface area (Å²) in [5.41, 5.74) is 0.429. The lowest BCUT2D eigenvalue weighted by Gasteiger charge is -2.26. The second-order valence-electron chi connectivity index (χ2n) is 4.41. The van der Waals surface area contributed by atoms with Gasteiger partial charge in [0.25, 0.3) is 0 Å². The van der Waals surface area contributed by atoms with Crippen LogP contribution in [0.1, 0.15) is 12.7 Å². The fourth-order valence-electron chi connectivity index (χ4n) is 2.10. The standard InChI is InChI=1S/C12H13N3O6/c1-6-10(11(16)20-2)9(14-12(17)13-6)4-8-3-7(5-21-8)15(18)19/h3,5,9H,4H2,1-2H3,(H2,13,14,17). The third-order valence-electron chi connectivity index (χ3n) is 3.02. The molecule has 0 saturated carbocycles. The number of nitrogens with one attached hydrogen (secondary N) is 2. The van der Waals surface area contributed by atoms with E-state index in [1.54, 1.807) is 6.92 Å². The fourth-order valence-corrected chi connectivity index (χ4v) is 2.10. The van der Waals surface area contributed by atoms with Crippen LogP contribution in [0.4, 0.5) is 10.5 Å². The van der Waals surface area contributed by atoms with Crippen molar-refractivity contribution in [1.82, 2.24) is 10.6 Å². The Morgan fingerprint density at radius 1 is 1.57 bits per heavy atom. The molecule has 21 heavy (non-hydrogen) atoms. The van der Waals surface area contributed by atoms with Crippen LogP contribution >= 0.6 is 0 Å². The summed E-state index contributed by atoms with van der Waals surface area (Å²) in [5.74, 6) is -0.311. The van der Waals surface area contributed by atoms with Crippen LogP contribution in [-0.4, -0.2) is 30.1 Å². The Kier molecular flexibility index (Phi) is 3.92. The summed E-state index contributed by atoms with van der Waals surface area (Å²) < 4.78 is 9.75. The number of methoxy groups -OCH3 is 1. The highest BCUT2D eigenvalue weighted by Crippen LogP contribution is 2.21. The van der Waals surface area contributed by atoms with E-state index in [1.807, 2.05) is 0 Å². The Morgan fingerprint density at radius 2 is 2.29 bits per heavy atom. The van der Waals surface area contributed by atoms with Gasteiger partial charge in [-0.05, 0) is 6.92 Å². The summed E-state index contributed by atoms with van der Waals surface area (Å²) in [6.45, 7) is 1.57. The summed E-state index contributed by atoms with van der Waals surface area (Å²) in [4.78, 5) is 33.3. The number of nitrogens with zero attached hydrogens (tertiary/aromatic N) is 1. The predicted octanol–water partition coefficient (Wildman–Crippen LogP) is 0.859. The van der Waals surface area contributed by atoms with E-state index in [-0.39, 0.29) is 23.4 Å². The van der Waals surface area contributed by atoms with Gasteiger partial charge in [0.2, 0.25) is 0 Å². The number of esters is 1. The number of amides is 2. The monoisotopic (exact) mass is 295 g/mol. The van der Waals surface area contributed by atoms with Crippen molar-refractivity contribution in [2.24, 2.45) is 0 Å². The molecule has 1 aliphatic rings. The molecule has 1 unspecified atom stereocenters. The molecule has 0 fully saturated rings. The van der Waals surface area contributed by atoms with E-state index >= 15 is 0 Å². The SMILES string of the molecule is COC(=O)C1=C(C)NC(=O)NC1Cc1cc([N+](=O)[O-])co1. The number of furan rings is 1. The lowest BCUT2D eigenvalue weighted by Crippen LogP contribution is -2.50. The molecule has 2 N–H and O–H groups in total. The van der Waals surface area contributed by atoms with Gasteiger partial charge >= 0.3 is 17.7 Å². The maximum atomic E-state index is 11.8. The Morgan fingerprint density at radius 3 is 2.86 bits per heavy atom. The molecule has 0 aromatic carbocycles. The number of hydrogen-bond acceptors (Lipinski definition) is 6. The van der Waals surface area contributed by atoms with E-state index < -0.39 is 23.0 Å². The van der Waals surface area contributed by atoms with Gasteiger partial charge in [-0.1, -0.05) is 0 Å². The van der Waals surface area contributed by atoms with Crippen LogP contribution in [0.2, 0.25) is 0 Å². The molecular weight excluding hydrogens is 282 g/mol. The summed E-state index contributed by atoms with van der Waals surface area (Å²) >= 11 is 0. The minimum Gasteiger partial charge on any atom is -0.466 e. The number of hydrogen-bond donors (Lipinski definition) is 2. The van der Waals surface area contributed by atoms with Gasteiger partial charge in [-0.15, -0.1) is 0 Å². The van der Waals surface area contributed by atoms with Gasteiger partial charge in [-0.25, -0.2) is 9.59 Å². The van der Waals surface area contributed by atoms with Gasteiger partial charge in [-0.2, -0.15) is 0 Å². The zero-order valence-corrected chi connectivity index (χ0v) is 11.3. The Balaban J connectivity index is 2.26. The van der Waals surface area contributed by atoms with Crippen molar-refractivity contribution < 1.29 is 23.7 Å². The molecule has 0 saturated heterocycles. The van der Waals surface area contributed by atoms with Crippen molar-refractivity contribution in [2.75, 3.05) is 7.11 Å². The zero-order valence-electron chi connectivity index (χ0n) is 11.3. The zero-order chi connectivity index (χ0) is 15.6. The van der Waals surface area contributed by atoms with Crippen LogP contribution in [0.15, 0.2) is 28.0 Å². The van der Waals surface area contributed by atoms with Crippen molar-refractivity contribution in [2.45, 2.75) is 19.4 Å². The lowest BCUT2D eigenvalue weighted by molar-refractivity contribution is -0.385. The van der Waals surface area contributed by atoms with Crippen LogP contribution in [0.5, 0.6) is 0 Å². The normalized spacial score (nSPS) is 18.0. The minimum atomic E-state index is -0.683. The van der Waals surface area contributed by atoms with Crippen molar-refractivity contribution >= 4 is 17.7 Å². The first-order chi connectivity index (χ1) is 9.92. The molecule has 2 rings (SSSR count). The molecular formula is C12H13N3O6. The highest BCUT2D eigenvalue weighted by molar-refractivity contribution is 5.94. The second kappa shape index (κ2) is 5.65. The Labute approximate surface area is 119 Å². The van der Waals surface area contributed by atoms with E-state index in [4.69, 9.17) is 4.42 Å². The average molecular weight is 295 g/mol. The molecule has 0 bridgehead atoms. The van der Waals surface area contributed by atoms with Crippen molar-refractivity contribution in [3.05, 3.63) is 39.5 Å². The second-order valence-corrected chi connectivity index (χ2v) is 4.41. The van der Waals surface area contributed by atoms with Gasteiger partial charge in [0.05, 0.1) is 29.7 Å². The van der Waals surface area contributed by atoms with E-state index in [0.29, 0.717) is 5.70 Å². The van der Waals surface area contributed by atoms with Crippen LogP contribution < -0.4 is 10.6 Å². The van der Waals surface area contributed by atoms with Gasteiger partial charge in [-0.3, -0.25) is 10.1 Å². The average Bonchev–Trinajstić information content (AvgIpc) is 2.86. The first-order valence-corrected chi connectivity index (χ1v) is 6.00. The number of ether oxygens (including phenoxy) is 1. The number of allylic oxidation sites excluding steroid dienone is 1. The quantitative estimate of drug-likeness (QED) is 0.482. The summed E-state index contributed by atoms with van der Waals surface area (Å²) in [6, 6.07) is 0.0986. The Bertz CT molecular complexity index is 633. The topological polar surface area (TPSA) is 124 Å². The third kappa shape index (κ3) is 3.02. The van der Waals surface area contributed by atoms with E-state index in [2.05, 4.69) is 15.4 Å². The molecule has 1 atom stereocenters. The van der Waals surface area contributed by atoms with Crippen LogP contribution in [0.3, 0.4) is 0 Å². The molecule has 1 aromatic rings. The van der Waals surface area contributed by atoms with E-state index in [9.17, 15) is 19.7 Å². The smallest absolute Gasteiger partial charge is 0.337 e. The number of carbonyl (C=O) groups excluding carboxylic acids is 2. The summed E-state index contributed by atoms with van der Waals surface area (Å²) in [6.07, 6.45) is 1.11. The van der Waals surface area contributed by atoms with Crippen LogP contribution in [0.25, 0.3) is 0 Å². The highest BCUT2D eigenvalue weighted by atomic mass is 16.6. The molecule has 9 heteroatoms. The van der Waals surface area contributed by atoms with Crippen molar-refractivity contribution in [3.63, 3.8) is 0 Å². The lowest BCUT2D eigenvalue weighted by atomic mass is 9.99. The first-order valence-electron chi connectivity index (χ1n) is 6.00. The molecule has 2 amide bonds.